The summed E-state index contributed by atoms with van der Waals surface area (Å²) in [7, 11) is 1.64. The summed E-state index contributed by atoms with van der Waals surface area (Å²) in [5, 5.41) is 3.13. The smallest absolute Gasteiger partial charge is 0.325 e. The molecule has 0 saturated heterocycles. The zero-order chi connectivity index (χ0) is 16.7. The van der Waals surface area contributed by atoms with Crippen molar-refractivity contribution in [1.82, 2.24) is 0 Å². The first-order valence-electron chi connectivity index (χ1n) is 7.44. The molecule has 0 heterocycles. The quantitative estimate of drug-likeness (QED) is 0.773. The van der Waals surface area contributed by atoms with E-state index >= 15 is 0 Å². The van der Waals surface area contributed by atoms with Crippen LogP contribution < -0.4 is 10.1 Å². The molecular weight excluding hydrogens is 310 g/mol. The summed E-state index contributed by atoms with van der Waals surface area (Å²) in [6, 6.07) is 14.0. The van der Waals surface area contributed by atoms with E-state index in [-0.39, 0.29) is 12.5 Å². The van der Waals surface area contributed by atoms with Crippen LogP contribution in [0.25, 0.3) is 0 Å². The van der Waals surface area contributed by atoms with Crippen molar-refractivity contribution in [3.8, 4) is 5.75 Å². The maximum absolute atomic E-state index is 11.5. The van der Waals surface area contributed by atoms with Crippen molar-refractivity contribution in [2.75, 3.05) is 25.6 Å². The fourth-order valence-corrected chi connectivity index (χ4v) is 2.92. The minimum absolute atomic E-state index is 0.141. The molecule has 0 saturated carbocycles. The predicted molar refractivity (Wildman–Crippen MR) is 93.4 cm³/mol. The van der Waals surface area contributed by atoms with Crippen molar-refractivity contribution in [3.05, 3.63) is 48.0 Å². The Balaban J connectivity index is 2.17. The van der Waals surface area contributed by atoms with Crippen molar-refractivity contribution < 1.29 is 14.3 Å². The first kappa shape index (κ1) is 17.2. The fourth-order valence-electron chi connectivity index (χ4n) is 1.97. The predicted octanol–water partition coefficient (Wildman–Crippen LogP) is 4.13. The molecule has 4 nitrogen and oxygen atoms in total. The van der Waals surface area contributed by atoms with Gasteiger partial charge in [0.15, 0.2) is 0 Å². The summed E-state index contributed by atoms with van der Waals surface area (Å²) in [6.07, 6.45) is 0. The lowest BCUT2D eigenvalue weighted by atomic mass is 10.2. The molecule has 1 N–H and O–H groups in total. The highest BCUT2D eigenvalue weighted by atomic mass is 32.2. The Morgan fingerprint density at radius 3 is 2.57 bits per heavy atom. The van der Waals surface area contributed by atoms with Crippen LogP contribution in [0.2, 0.25) is 0 Å². The van der Waals surface area contributed by atoms with E-state index in [1.807, 2.05) is 18.2 Å². The van der Waals surface area contributed by atoms with Crippen molar-refractivity contribution in [2.45, 2.75) is 23.6 Å². The molecule has 0 spiro atoms. The molecule has 0 aliphatic heterocycles. The van der Waals surface area contributed by atoms with Gasteiger partial charge in [-0.05, 0) is 44.2 Å². The fraction of sp³-hybridized carbons (Fsp3) is 0.278. The highest BCUT2D eigenvalue weighted by molar-refractivity contribution is 7.99. The van der Waals surface area contributed by atoms with E-state index in [1.54, 1.807) is 25.8 Å². The van der Waals surface area contributed by atoms with Crippen molar-refractivity contribution >= 4 is 23.4 Å². The minimum atomic E-state index is -0.269. The molecular formula is C18H21NO3S. The number of hydrogen-bond donors (Lipinski definition) is 1. The second-order valence-electron chi connectivity index (χ2n) is 4.94. The van der Waals surface area contributed by atoms with E-state index in [9.17, 15) is 4.79 Å². The topological polar surface area (TPSA) is 47.6 Å². The van der Waals surface area contributed by atoms with E-state index < -0.39 is 0 Å². The number of aryl methyl sites for hydroxylation is 1. The maximum Gasteiger partial charge on any atom is 0.325 e. The number of benzene rings is 2. The largest absolute Gasteiger partial charge is 0.497 e. The van der Waals surface area contributed by atoms with Crippen LogP contribution in [0.5, 0.6) is 5.75 Å². The molecule has 0 radical (unpaired) electrons. The van der Waals surface area contributed by atoms with Crippen molar-refractivity contribution in [1.29, 1.82) is 0 Å². The summed E-state index contributed by atoms with van der Waals surface area (Å²) in [5.74, 6) is 0.510. The highest BCUT2D eigenvalue weighted by Gasteiger charge is 2.09. The molecule has 5 heteroatoms. The molecule has 0 aromatic heterocycles. The zero-order valence-corrected chi connectivity index (χ0v) is 14.4. The Labute approximate surface area is 141 Å². The Bertz CT molecular complexity index is 656. The van der Waals surface area contributed by atoms with E-state index in [2.05, 4.69) is 36.5 Å². The van der Waals surface area contributed by atoms with E-state index in [1.165, 1.54) is 5.56 Å². The average molecular weight is 331 g/mol. The molecule has 122 valence electrons. The van der Waals surface area contributed by atoms with Crippen molar-refractivity contribution in [2.24, 2.45) is 0 Å². The normalized spacial score (nSPS) is 10.2. The third-order valence-electron chi connectivity index (χ3n) is 3.17. The van der Waals surface area contributed by atoms with Crippen LogP contribution in [-0.4, -0.2) is 26.2 Å². The first-order valence-corrected chi connectivity index (χ1v) is 8.26. The Hall–Kier alpha value is -2.14. The van der Waals surface area contributed by atoms with Gasteiger partial charge in [-0.25, -0.2) is 0 Å². The van der Waals surface area contributed by atoms with Crippen molar-refractivity contribution in [3.63, 3.8) is 0 Å². The number of rotatable bonds is 7. The minimum Gasteiger partial charge on any atom is -0.497 e. The first-order chi connectivity index (χ1) is 11.1. The van der Waals surface area contributed by atoms with Gasteiger partial charge in [-0.3, -0.25) is 4.79 Å². The Kier molecular flexibility index (Phi) is 6.35. The van der Waals surface area contributed by atoms with Gasteiger partial charge in [-0.15, -0.1) is 0 Å². The van der Waals surface area contributed by atoms with Crippen LogP contribution in [-0.2, 0) is 9.53 Å². The number of carbonyl (C=O) groups is 1. The summed E-state index contributed by atoms with van der Waals surface area (Å²) in [4.78, 5) is 13.7. The van der Waals surface area contributed by atoms with Crippen LogP contribution >= 0.6 is 11.8 Å². The molecule has 0 bridgehead atoms. The second kappa shape index (κ2) is 8.48. The van der Waals surface area contributed by atoms with Gasteiger partial charge in [0.05, 0.1) is 13.7 Å². The molecule has 0 aliphatic carbocycles. The number of carbonyl (C=O) groups excluding carboxylic acids is 1. The number of esters is 1. The highest BCUT2D eigenvalue weighted by Crippen LogP contribution is 2.36. The van der Waals surface area contributed by atoms with E-state index in [0.29, 0.717) is 6.61 Å². The Morgan fingerprint density at radius 1 is 1.17 bits per heavy atom. The summed E-state index contributed by atoms with van der Waals surface area (Å²) >= 11 is 1.62. The van der Waals surface area contributed by atoms with Gasteiger partial charge in [-0.1, -0.05) is 29.5 Å². The standard InChI is InChI=1S/C18H21NO3S/c1-4-22-18(20)12-19-16-10-7-14(21-3)11-17(16)23-15-8-5-13(2)6-9-15/h5-11,19H,4,12H2,1-3H3. The molecule has 0 aliphatic rings. The van der Waals surface area contributed by atoms with Crippen LogP contribution in [0, 0.1) is 6.92 Å². The van der Waals surface area contributed by atoms with Gasteiger partial charge in [-0.2, -0.15) is 0 Å². The van der Waals surface area contributed by atoms with Gasteiger partial charge >= 0.3 is 5.97 Å². The molecule has 2 aromatic rings. The molecule has 0 amide bonds. The zero-order valence-electron chi connectivity index (χ0n) is 13.6. The molecule has 2 aromatic carbocycles. The lowest BCUT2D eigenvalue weighted by Gasteiger charge is -2.13. The summed E-state index contributed by atoms with van der Waals surface area (Å²) in [5.41, 5.74) is 2.10. The van der Waals surface area contributed by atoms with E-state index in [4.69, 9.17) is 9.47 Å². The maximum atomic E-state index is 11.5. The number of nitrogens with one attached hydrogen (secondary N) is 1. The van der Waals surface area contributed by atoms with Crippen LogP contribution in [0.15, 0.2) is 52.3 Å². The van der Waals surface area contributed by atoms with Crippen LogP contribution in [0.1, 0.15) is 12.5 Å². The molecule has 0 atom stereocenters. The van der Waals surface area contributed by atoms with Gasteiger partial charge in [0.1, 0.15) is 12.3 Å². The molecule has 2 rings (SSSR count). The lowest BCUT2D eigenvalue weighted by molar-refractivity contribution is -0.140. The molecule has 0 unspecified atom stereocenters. The third-order valence-corrected chi connectivity index (χ3v) is 4.23. The van der Waals surface area contributed by atoms with Gasteiger partial charge in [0.2, 0.25) is 0 Å². The average Bonchev–Trinajstić information content (AvgIpc) is 2.56. The Morgan fingerprint density at radius 2 is 1.91 bits per heavy atom. The van der Waals surface area contributed by atoms with Crippen LogP contribution in [0.3, 0.4) is 0 Å². The summed E-state index contributed by atoms with van der Waals surface area (Å²) in [6.45, 7) is 4.38. The van der Waals surface area contributed by atoms with Gasteiger partial charge in [0, 0.05) is 15.5 Å². The third kappa shape index (κ3) is 5.21. The number of hydrogen-bond acceptors (Lipinski definition) is 5. The lowest BCUT2D eigenvalue weighted by Crippen LogP contribution is -2.17. The molecule has 23 heavy (non-hydrogen) atoms. The number of methoxy groups -OCH3 is 1. The SMILES string of the molecule is CCOC(=O)CNc1ccc(OC)cc1Sc1ccc(C)cc1. The van der Waals surface area contributed by atoms with Gasteiger partial charge < -0.3 is 14.8 Å². The monoisotopic (exact) mass is 331 g/mol. The number of ether oxygens (including phenoxy) is 2. The second-order valence-corrected chi connectivity index (χ2v) is 6.05. The number of anilines is 1. The van der Waals surface area contributed by atoms with Crippen LogP contribution in [0.4, 0.5) is 5.69 Å². The summed E-state index contributed by atoms with van der Waals surface area (Å²) < 4.78 is 10.2. The molecule has 0 fully saturated rings. The van der Waals surface area contributed by atoms with E-state index in [0.717, 1.165) is 21.2 Å². The van der Waals surface area contributed by atoms with Gasteiger partial charge in [0.25, 0.3) is 0 Å².